The molecule has 0 saturated heterocycles. The standard InChI is InChI=1S/C10H18/c1-8(2,3)10-6-5-9(10,4)7-10/h5-7H2,1-4H3. The van der Waals surface area contributed by atoms with Gasteiger partial charge in [-0.15, -0.1) is 0 Å². The Labute approximate surface area is 64.0 Å². The lowest BCUT2D eigenvalue weighted by molar-refractivity contribution is 0.0638. The van der Waals surface area contributed by atoms with Crippen LogP contribution in [0.1, 0.15) is 47.0 Å². The Hall–Kier alpha value is 0. The second-order valence-corrected chi connectivity index (χ2v) is 5.57. The van der Waals surface area contributed by atoms with Gasteiger partial charge in [-0.1, -0.05) is 27.7 Å². The lowest BCUT2D eigenvalue weighted by atomic mass is 9.62. The third-order valence-corrected chi connectivity index (χ3v) is 4.26. The Bertz CT molecular complexity index is 175. The molecule has 0 aliphatic heterocycles. The van der Waals surface area contributed by atoms with Crippen molar-refractivity contribution in [3.8, 4) is 0 Å². The molecule has 2 unspecified atom stereocenters. The van der Waals surface area contributed by atoms with Gasteiger partial charge in [-0.3, -0.25) is 0 Å². The van der Waals surface area contributed by atoms with Gasteiger partial charge in [-0.2, -0.15) is 0 Å². The van der Waals surface area contributed by atoms with Crippen molar-refractivity contribution in [1.29, 1.82) is 0 Å². The molecule has 0 aromatic rings. The summed E-state index contributed by atoms with van der Waals surface area (Å²) in [5.41, 5.74) is 2.10. The van der Waals surface area contributed by atoms with Crippen molar-refractivity contribution >= 4 is 0 Å². The van der Waals surface area contributed by atoms with E-state index < -0.39 is 0 Å². The summed E-state index contributed by atoms with van der Waals surface area (Å²) in [4.78, 5) is 0. The molecule has 0 nitrogen and oxygen atoms in total. The maximum atomic E-state index is 2.46. The number of rotatable bonds is 0. The van der Waals surface area contributed by atoms with E-state index in [0.717, 1.165) is 10.8 Å². The lowest BCUT2D eigenvalue weighted by Crippen LogP contribution is -2.34. The van der Waals surface area contributed by atoms with Gasteiger partial charge < -0.3 is 0 Å². The molecule has 58 valence electrons. The zero-order chi connectivity index (χ0) is 7.62. The Kier molecular flexibility index (Phi) is 0.874. The smallest absolute Gasteiger partial charge is 0.0189 e. The number of hydrogen-bond acceptors (Lipinski definition) is 0. The Morgan fingerprint density at radius 1 is 1.10 bits per heavy atom. The lowest BCUT2D eigenvalue weighted by Gasteiger charge is -2.43. The highest BCUT2D eigenvalue weighted by atomic mass is 14.8. The van der Waals surface area contributed by atoms with Crippen LogP contribution >= 0.6 is 0 Å². The first-order valence-electron chi connectivity index (χ1n) is 4.41. The predicted octanol–water partition coefficient (Wildman–Crippen LogP) is 3.22. The minimum absolute atomic E-state index is 0.569. The number of hydrogen-bond donors (Lipinski definition) is 0. The fraction of sp³-hybridized carbons (Fsp3) is 1.00. The summed E-state index contributed by atoms with van der Waals surface area (Å²) in [7, 11) is 0. The summed E-state index contributed by atoms with van der Waals surface area (Å²) in [6.45, 7) is 9.66. The van der Waals surface area contributed by atoms with E-state index in [4.69, 9.17) is 0 Å². The minimum Gasteiger partial charge on any atom is -0.0596 e. The number of fused-ring (bicyclic) bond motifs is 1. The molecule has 2 fully saturated rings. The minimum atomic E-state index is 0.569. The second-order valence-electron chi connectivity index (χ2n) is 5.57. The van der Waals surface area contributed by atoms with Crippen LogP contribution in [0.4, 0.5) is 0 Å². The second kappa shape index (κ2) is 1.31. The van der Waals surface area contributed by atoms with Crippen LogP contribution in [0.25, 0.3) is 0 Å². The van der Waals surface area contributed by atoms with E-state index in [1.807, 2.05) is 0 Å². The molecule has 2 aliphatic carbocycles. The van der Waals surface area contributed by atoms with Gasteiger partial charge in [0.05, 0.1) is 0 Å². The highest BCUT2D eigenvalue weighted by Crippen LogP contribution is 2.83. The summed E-state index contributed by atoms with van der Waals surface area (Å²) in [5, 5.41) is 0. The van der Waals surface area contributed by atoms with Crippen LogP contribution in [-0.2, 0) is 0 Å². The zero-order valence-electron chi connectivity index (χ0n) is 7.62. The molecule has 0 N–H and O–H groups in total. The Balaban J connectivity index is 2.23. The van der Waals surface area contributed by atoms with Gasteiger partial charge in [0.15, 0.2) is 0 Å². The molecule has 2 aliphatic rings. The largest absolute Gasteiger partial charge is 0.0596 e. The van der Waals surface area contributed by atoms with Gasteiger partial charge in [0, 0.05) is 0 Å². The van der Waals surface area contributed by atoms with Gasteiger partial charge in [0.1, 0.15) is 0 Å². The first kappa shape index (κ1) is 6.69. The molecule has 2 rings (SSSR count). The Morgan fingerprint density at radius 3 is 1.70 bits per heavy atom. The molecule has 0 spiro atoms. The predicted molar refractivity (Wildman–Crippen MR) is 43.8 cm³/mol. The topological polar surface area (TPSA) is 0 Å². The molecule has 0 radical (unpaired) electrons. The van der Waals surface area contributed by atoms with Crippen LogP contribution in [0.3, 0.4) is 0 Å². The van der Waals surface area contributed by atoms with E-state index >= 15 is 0 Å². The summed E-state index contributed by atoms with van der Waals surface area (Å²) >= 11 is 0. The maximum Gasteiger partial charge on any atom is -0.0189 e. The van der Waals surface area contributed by atoms with Crippen LogP contribution in [-0.4, -0.2) is 0 Å². The van der Waals surface area contributed by atoms with Crippen molar-refractivity contribution in [2.75, 3.05) is 0 Å². The average molecular weight is 138 g/mol. The van der Waals surface area contributed by atoms with Crippen molar-refractivity contribution in [1.82, 2.24) is 0 Å². The van der Waals surface area contributed by atoms with Gasteiger partial charge in [-0.25, -0.2) is 0 Å². The van der Waals surface area contributed by atoms with Crippen LogP contribution in [0.2, 0.25) is 0 Å². The molecule has 0 bridgehead atoms. The van der Waals surface area contributed by atoms with Gasteiger partial charge in [0.25, 0.3) is 0 Å². The molecule has 2 atom stereocenters. The maximum absolute atomic E-state index is 2.46. The van der Waals surface area contributed by atoms with Crippen LogP contribution in [0.15, 0.2) is 0 Å². The van der Waals surface area contributed by atoms with Crippen molar-refractivity contribution in [3.63, 3.8) is 0 Å². The third-order valence-electron chi connectivity index (χ3n) is 4.26. The first-order valence-corrected chi connectivity index (χ1v) is 4.41. The van der Waals surface area contributed by atoms with Crippen LogP contribution < -0.4 is 0 Å². The molecule has 0 heterocycles. The van der Waals surface area contributed by atoms with Crippen molar-refractivity contribution in [3.05, 3.63) is 0 Å². The zero-order valence-corrected chi connectivity index (χ0v) is 7.62. The summed E-state index contributed by atoms with van der Waals surface area (Å²) in [6.07, 6.45) is 4.49. The highest BCUT2D eigenvalue weighted by molar-refractivity contribution is 5.23. The molecular weight excluding hydrogens is 120 g/mol. The quantitative estimate of drug-likeness (QED) is 0.482. The fourth-order valence-corrected chi connectivity index (χ4v) is 3.20. The van der Waals surface area contributed by atoms with E-state index in [9.17, 15) is 0 Å². The fourth-order valence-electron chi connectivity index (χ4n) is 3.20. The highest BCUT2D eigenvalue weighted by Gasteiger charge is 2.74. The molecule has 10 heavy (non-hydrogen) atoms. The summed E-state index contributed by atoms with van der Waals surface area (Å²) < 4.78 is 0. The first-order chi connectivity index (χ1) is 4.41. The van der Waals surface area contributed by atoms with E-state index in [1.165, 1.54) is 19.3 Å². The van der Waals surface area contributed by atoms with Crippen molar-refractivity contribution in [2.45, 2.75) is 47.0 Å². The monoisotopic (exact) mass is 138 g/mol. The summed E-state index contributed by atoms with van der Waals surface area (Å²) in [6, 6.07) is 0. The van der Waals surface area contributed by atoms with E-state index in [2.05, 4.69) is 27.7 Å². The van der Waals surface area contributed by atoms with Crippen molar-refractivity contribution in [2.24, 2.45) is 16.2 Å². The molecule has 0 heteroatoms. The molecule has 0 amide bonds. The molecular formula is C10H18. The van der Waals surface area contributed by atoms with Crippen LogP contribution in [0.5, 0.6) is 0 Å². The third kappa shape index (κ3) is 0.466. The molecule has 0 aromatic heterocycles. The normalized spacial score (nSPS) is 51.6. The average Bonchev–Trinajstić information content (AvgIpc) is 2.12. The summed E-state index contributed by atoms with van der Waals surface area (Å²) in [5.74, 6) is 0. The van der Waals surface area contributed by atoms with Crippen molar-refractivity contribution < 1.29 is 0 Å². The van der Waals surface area contributed by atoms with Gasteiger partial charge >= 0.3 is 0 Å². The van der Waals surface area contributed by atoms with Gasteiger partial charge in [0.2, 0.25) is 0 Å². The van der Waals surface area contributed by atoms with E-state index in [1.54, 1.807) is 0 Å². The Morgan fingerprint density at radius 2 is 1.70 bits per heavy atom. The van der Waals surface area contributed by atoms with E-state index in [-0.39, 0.29) is 0 Å². The molecule has 0 aromatic carbocycles. The molecule has 2 saturated carbocycles. The van der Waals surface area contributed by atoms with E-state index in [0.29, 0.717) is 5.41 Å². The van der Waals surface area contributed by atoms with Gasteiger partial charge in [-0.05, 0) is 35.5 Å². The van der Waals surface area contributed by atoms with Crippen LogP contribution in [0, 0.1) is 16.2 Å². The SMILES string of the molecule is CC(C)(C)C12CCC1(C)C2.